The molecule has 0 unspecified atom stereocenters. The lowest BCUT2D eigenvalue weighted by Crippen LogP contribution is -2.12. The molecule has 0 saturated carbocycles. The first-order chi connectivity index (χ1) is 9.39. The minimum absolute atomic E-state index is 0.162. The van der Waals surface area contributed by atoms with Crippen LogP contribution in [0.2, 0.25) is 0 Å². The summed E-state index contributed by atoms with van der Waals surface area (Å²) in [4.78, 5) is 3.75. The van der Waals surface area contributed by atoms with Gasteiger partial charge in [-0.2, -0.15) is 0 Å². The largest absolute Gasteiger partial charge is 0.396 e. The van der Waals surface area contributed by atoms with E-state index in [2.05, 4.69) is 43.7 Å². The monoisotopic (exact) mass is 334 g/mol. The van der Waals surface area contributed by atoms with Gasteiger partial charge in [-0.05, 0) is 18.1 Å². The summed E-state index contributed by atoms with van der Waals surface area (Å²) < 4.78 is 3.16. The third-order valence-electron chi connectivity index (χ3n) is 3.60. The first kappa shape index (κ1) is 15.1. The molecule has 1 heterocycles. The zero-order chi connectivity index (χ0) is 14.9. The van der Waals surface area contributed by atoms with Gasteiger partial charge in [0, 0.05) is 48.6 Å². The number of aliphatic hydroxyl groups excluding tert-OH is 1. The molecule has 2 rings (SSSR count). The molecule has 0 saturated heterocycles. The third-order valence-corrected chi connectivity index (χ3v) is 4.10. The van der Waals surface area contributed by atoms with Gasteiger partial charge in [-0.25, -0.2) is 6.57 Å². The SMILES string of the molecule is [C-]#[N+]C(C)(C)c1cn(C[C@H](C)CO)c2cc(Br)ccc12. The van der Waals surface area contributed by atoms with Crippen LogP contribution in [0, 0.1) is 12.5 Å². The van der Waals surface area contributed by atoms with Gasteiger partial charge in [0.2, 0.25) is 0 Å². The highest BCUT2D eigenvalue weighted by atomic mass is 79.9. The molecule has 1 N–H and O–H groups in total. The van der Waals surface area contributed by atoms with Crippen LogP contribution < -0.4 is 0 Å². The van der Waals surface area contributed by atoms with Gasteiger partial charge >= 0.3 is 0 Å². The number of aliphatic hydroxyl groups is 1. The zero-order valence-electron chi connectivity index (χ0n) is 12.0. The quantitative estimate of drug-likeness (QED) is 0.835. The molecule has 0 spiro atoms. The molecule has 0 fully saturated rings. The minimum Gasteiger partial charge on any atom is -0.396 e. The average molecular weight is 335 g/mol. The number of rotatable bonds is 4. The number of benzene rings is 1. The number of hydrogen-bond acceptors (Lipinski definition) is 1. The Morgan fingerprint density at radius 2 is 2.15 bits per heavy atom. The lowest BCUT2D eigenvalue weighted by Gasteiger charge is -2.11. The van der Waals surface area contributed by atoms with Crippen LogP contribution in [0.1, 0.15) is 26.3 Å². The van der Waals surface area contributed by atoms with Crippen molar-refractivity contribution >= 4 is 26.8 Å². The van der Waals surface area contributed by atoms with Gasteiger partial charge in [0.05, 0.1) is 5.56 Å². The lowest BCUT2D eigenvalue weighted by molar-refractivity contribution is 0.224. The molecule has 106 valence electrons. The second-order valence-electron chi connectivity index (χ2n) is 5.82. The molecule has 0 radical (unpaired) electrons. The molecule has 0 amide bonds. The van der Waals surface area contributed by atoms with Crippen molar-refractivity contribution in [3.8, 4) is 0 Å². The predicted octanol–water partition coefficient (Wildman–Crippen LogP) is 4.19. The molecule has 20 heavy (non-hydrogen) atoms. The third kappa shape index (κ3) is 2.74. The van der Waals surface area contributed by atoms with E-state index >= 15 is 0 Å². The molecule has 0 bridgehead atoms. The van der Waals surface area contributed by atoms with E-state index in [4.69, 9.17) is 6.57 Å². The van der Waals surface area contributed by atoms with Crippen molar-refractivity contribution < 1.29 is 5.11 Å². The predicted molar refractivity (Wildman–Crippen MR) is 85.5 cm³/mol. The molecule has 0 aliphatic heterocycles. The number of nitrogens with zero attached hydrogens (tertiary/aromatic N) is 2. The van der Waals surface area contributed by atoms with Crippen LogP contribution in [-0.4, -0.2) is 16.3 Å². The summed E-state index contributed by atoms with van der Waals surface area (Å²) in [7, 11) is 0. The Kier molecular flexibility index (Phi) is 4.22. The summed E-state index contributed by atoms with van der Waals surface area (Å²) in [6.07, 6.45) is 2.06. The highest BCUT2D eigenvalue weighted by Crippen LogP contribution is 2.34. The summed E-state index contributed by atoms with van der Waals surface area (Å²) in [6.45, 7) is 14.2. The van der Waals surface area contributed by atoms with Gasteiger partial charge in [-0.15, -0.1) is 0 Å². The van der Waals surface area contributed by atoms with Crippen LogP contribution in [0.15, 0.2) is 28.9 Å². The van der Waals surface area contributed by atoms with Gasteiger partial charge in [-0.1, -0.05) is 28.9 Å². The molecular formula is C16H19BrN2O. The van der Waals surface area contributed by atoms with Crippen molar-refractivity contribution in [1.29, 1.82) is 0 Å². The van der Waals surface area contributed by atoms with E-state index in [1.807, 2.05) is 26.8 Å². The van der Waals surface area contributed by atoms with Crippen LogP contribution in [0.5, 0.6) is 0 Å². The van der Waals surface area contributed by atoms with Crippen LogP contribution in [0.25, 0.3) is 15.7 Å². The molecular weight excluding hydrogens is 316 g/mol. The number of halogens is 1. The van der Waals surface area contributed by atoms with Crippen molar-refractivity contribution in [1.82, 2.24) is 4.57 Å². The van der Waals surface area contributed by atoms with Crippen LogP contribution in [0.4, 0.5) is 0 Å². The minimum atomic E-state index is -0.542. The Morgan fingerprint density at radius 1 is 1.45 bits per heavy atom. The van der Waals surface area contributed by atoms with E-state index < -0.39 is 5.54 Å². The molecule has 1 aromatic carbocycles. The maximum atomic E-state index is 9.26. The van der Waals surface area contributed by atoms with Crippen LogP contribution in [-0.2, 0) is 12.1 Å². The van der Waals surface area contributed by atoms with Crippen LogP contribution >= 0.6 is 15.9 Å². The van der Waals surface area contributed by atoms with E-state index in [0.717, 1.165) is 27.5 Å². The van der Waals surface area contributed by atoms with Crippen molar-refractivity contribution in [2.45, 2.75) is 32.9 Å². The lowest BCUT2D eigenvalue weighted by atomic mass is 9.95. The van der Waals surface area contributed by atoms with Crippen molar-refractivity contribution in [2.75, 3.05) is 6.61 Å². The Bertz CT molecular complexity index is 667. The summed E-state index contributed by atoms with van der Waals surface area (Å²) in [5.41, 5.74) is 1.60. The summed E-state index contributed by atoms with van der Waals surface area (Å²) in [5.74, 6) is 0.188. The highest BCUT2D eigenvalue weighted by molar-refractivity contribution is 9.10. The summed E-state index contributed by atoms with van der Waals surface area (Å²) >= 11 is 3.50. The van der Waals surface area contributed by atoms with Crippen molar-refractivity contribution in [3.05, 3.63) is 45.8 Å². The molecule has 0 aliphatic rings. The molecule has 1 aromatic heterocycles. The normalized spacial score (nSPS) is 13.4. The van der Waals surface area contributed by atoms with Crippen molar-refractivity contribution in [3.63, 3.8) is 0 Å². The van der Waals surface area contributed by atoms with E-state index in [1.165, 1.54) is 0 Å². The van der Waals surface area contributed by atoms with E-state index in [-0.39, 0.29) is 12.5 Å². The van der Waals surface area contributed by atoms with Gasteiger partial charge < -0.3 is 14.5 Å². The Labute approximate surface area is 128 Å². The highest BCUT2D eigenvalue weighted by Gasteiger charge is 2.30. The standard InChI is InChI=1S/C16H19BrN2O/c1-11(10-20)8-19-9-14(16(2,3)18-4)13-6-5-12(17)7-15(13)19/h5-7,9,11,20H,8,10H2,1-3H3/t11-/m0/s1. The maximum absolute atomic E-state index is 9.26. The Morgan fingerprint density at radius 3 is 2.75 bits per heavy atom. The summed E-state index contributed by atoms with van der Waals surface area (Å²) in [6, 6.07) is 6.14. The fraction of sp³-hybridized carbons (Fsp3) is 0.438. The second-order valence-corrected chi connectivity index (χ2v) is 6.73. The van der Waals surface area contributed by atoms with E-state index in [0.29, 0.717) is 0 Å². The molecule has 3 nitrogen and oxygen atoms in total. The van der Waals surface area contributed by atoms with E-state index in [1.54, 1.807) is 0 Å². The maximum Gasteiger partial charge on any atom is 0.254 e. The smallest absolute Gasteiger partial charge is 0.254 e. The number of fused-ring (bicyclic) bond motifs is 1. The molecule has 4 heteroatoms. The van der Waals surface area contributed by atoms with Gasteiger partial charge in [0.25, 0.3) is 5.54 Å². The molecule has 0 aliphatic carbocycles. The van der Waals surface area contributed by atoms with E-state index in [9.17, 15) is 5.11 Å². The fourth-order valence-corrected chi connectivity index (χ4v) is 2.71. The molecule has 2 aromatic rings. The number of hydrogen-bond donors (Lipinski definition) is 1. The Hall–Kier alpha value is -1.31. The topological polar surface area (TPSA) is 29.5 Å². The van der Waals surface area contributed by atoms with Crippen molar-refractivity contribution in [2.24, 2.45) is 5.92 Å². The Balaban J connectivity index is 2.64. The average Bonchev–Trinajstić information content (AvgIpc) is 2.77. The first-order valence-electron chi connectivity index (χ1n) is 6.67. The number of aromatic nitrogens is 1. The summed E-state index contributed by atoms with van der Waals surface area (Å²) in [5, 5.41) is 10.4. The van der Waals surface area contributed by atoms with Gasteiger partial charge in [0.15, 0.2) is 0 Å². The van der Waals surface area contributed by atoms with Crippen LogP contribution in [0.3, 0.4) is 0 Å². The molecule has 1 atom stereocenters. The van der Waals surface area contributed by atoms with Gasteiger partial charge in [-0.3, -0.25) is 0 Å². The van der Waals surface area contributed by atoms with Gasteiger partial charge in [0.1, 0.15) is 0 Å². The zero-order valence-corrected chi connectivity index (χ0v) is 13.6. The fourth-order valence-electron chi connectivity index (χ4n) is 2.36. The second kappa shape index (κ2) is 5.59. The first-order valence-corrected chi connectivity index (χ1v) is 7.46.